The SMILES string of the molecule is CC(=O)CCCC/C=C(\C)Cc1c(C)cccc1C. The second kappa shape index (κ2) is 7.93. The van der Waals surface area contributed by atoms with Crippen molar-refractivity contribution < 1.29 is 4.79 Å². The summed E-state index contributed by atoms with van der Waals surface area (Å²) in [6.45, 7) is 8.24. The Morgan fingerprint density at radius 1 is 1.11 bits per heavy atom. The molecule has 0 unspecified atom stereocenters. The van der Waals surface area contributed by atoms with E-state index < -0.39 is 0 Å². The summed E-state index contributed by atoms with van der Waals surface area (Å²) in [4.78, 5) is 10.8. The van der Waals surface area contributed by atoms with Gasteiger partial charge in [-0.15, -0.1) is 0 Å². The molecule has 0 radical (unpaired) electrons. The summed E-state index contributed by atoms with van der Waals surface area (Å²) < 4.78 is 0. The third-order valence-corrected chi connectivity index (χ3v) is 3.58. The maximum absolute atomic E-state index is 10.8. The fraction of sp³-hybridized carbons (Fsp3) is 0.500. The van der Waals surface area contributed by atoms with Crippen molar-refractivity contribution in [2.75, 3.05) is 0 Å². The van der Waals surface area contributed by atoms with Crippen LogP contribution in [0.2, 0.25) is 0 Å². The summed E-state index contributed by atoms with van der Waals surface area (Å²) in [5.74, 6) is 0.302. The highest BCUT2D eigenvalue weighted by molar-refractivity contribution is 5.75. The number of hydrogen-bond acceptors (Lipinski definition) is 1. The van der Waals surface area contributed by atoms with Gasteiger partial charge in [-0.05, 0) is 70.1 Å². The summed E-state index contributed by atoms with van der Waals surface area (Å²) in [6, 6.07) is 6.49. The standard InChI is InChI=1S/C18H26O/c1-14(9-6-5-7-12-17(4)19)13-18-15(2)10-8-11-16(18)3/h8-11H,5-7,12-13H2,1-4H3/b14-9+. The predicted octanol–water partition coefficient (Wildman–Crippen LogP) is 4.94. The van der Waals surface area contributed by atoms with Gasteiger partial charge in [0.15, 0.2) is 0 Å². The van der Waals surface area contributed by atoms with Gasteiger partial charge in [0.1, 0.15) is 5.78 Å². The molecule has 0 aliphatic rings. The number of ketones is 1. The second-order valence-corrected chi connectivity index (χ2v) is 5.55. The number of aryl methyl sites for hydroxylation is 2. The molecular weight excluding hydrogens is 232 g/mol. The molecule has 1 nitrogen and oxygen atoms in total. The lowest BCUT2D eigenvalue weighted by atomic mass is 9.96. The van der Waals surface area contributed by atoms with Gasteiger partial charge >= 0.3 is 0 Å². The molecule has 0 aliphatic heterocycles. The number of hydrogen-bond donors (Lipinski definition) is 0. The van der Waals surface area contributed by atoms with Crippen LogP contribution in [0.15, 0.2) is 29.8 Å². The van der Waals surface area contributed by atoms with Crippen LogP contribution in [0.25, 0.3) is 0 Å². The molecule has 0 saturated heterocycles. The first-order valence-electron chi connectivity index (χ1n) is 7.21. The van der Waals surface area contributed by atoms with E-state index in [-0.39, 0.29) is 0 Å². The van der Waals surface area contributed by atoms with Crippen LogP contribution in [0.3, 0.4) is 0 Å². The van der Waals surface area contributed by atoms with E-state index >= 15 is 0 Å². The fourth-order valence-corrected chi connectivity index (χ4v) is 2.35. The van der Waals surface area contributed by atoms with Gasteiger partial charge in [-0.25, -0.2) is 0 Å². The average molecular weight is 258 g/mol. The zero-order valence-corrected chi connectivity index (χ0v) is 12.8. The quantitative estimate of drug-likeness (QED) is 0.500. The van der Waals surface area contributed by atoms with E-state index in [1.807, 2.05) is 0 Å². The zero-order valence-electron chi connectivity index (χ0n) is 12.8. The molecule has 1 aromatic carbocycles. The Labute approximate surface area is 117 Å². The molecule has 19 heavy (non-hydrogen) atoms. The van der Waals surface area contributed by atoms with E-state index in [2.05, 4.69) is 45.0 Å². The van der Waals surface area contributed by atoms with E-state index in [1.54, 1.807) is 6.92 Å². The summed E-state index contributed by atoms with van der Waals surface area (Å²) in [7, 11) is 0. The number of benzene rings is 1. The lowest BCUT2D eigenvalue weighted by Crippen LogP contribution is -1.95. The Morgan fingerprint density at radius 2 is 1.74 bits per heavy atom. The van der Waals surface area contributed by atoms with E-state index in [0.717, 1.165) is 32.1 Å². The van der Waals surface area contributed by atoms with Gasteiger partial charge in [-0.3, -0.25) is 0 Å². The van der Waals surface area contributed by atoms with Crippen molar-refractivity contribution in [1.29, 1.82) is 0 Å². The highest BCUT2D eigenvalue weighted by Crippen LogP contribution is 2.18. The van der Waals surface area contributed by atoms with Crippen molar-refractivity contribution in [3.8, 4) is 0 Å². The lowest BCUT2D eigenvalue weighted by molar-refractivity contribution is -0.117. The van der Waals surface area contributed by atoms with Crippen LogP contribution in [0, 0.1) is 13.8 Å². The maximum Gasteiger partial charge on any atom is 0.129 e. The minimum atomic E-state index is 0.302. The average Bonchev–Trinajstić information content (AvgIpc) is 2.33. The number of Topliss-reactive ketones (excluding diaryl/α,β-unsaturated/α-hetero) is 1. The van der Waals surface area contributed by atoms with Gasteiger partial charge in [0, 0.05) is 6.42 Å². The van der Waals surface area contributed by atoms with Gasteiger partial charge in [0.25, 0.3) is 0 Å². The zero-order chi connectivity index (χ0) is 14.3. The number of allylic oxidation sites excluding steroid dienone is 2. The molecule has 0 N–H and O–H groups in total. The van der Waals surface area contributed by atoms with Crippen molar-refractivity contribution in [3.63, 3.8) is 0 Å². The smallest absolute Gasteiger partial charge is 0.129 e. The van der Waals surface area contributed by atoms with Crippen molar-refractivity contribution >= 4 is 5.78 Å². The third kappa shape index (κ3) is 5.87. The Bertz CT molecular complexity index is 435. The van der Waals surface area contributed by atoms with Crippen LogP contribution < -0.4 is 0 Å². The van der Waals surface area contributed by atoms with E-state index in [9.17, 15) is 4.79 Å². The van der Waals surface area contributed by atoms with E-state index in [4.69, 9.17) is 0 Å². The number of unbranched alkanes of at least 4 members (excludes halogenated alkanes) is 2. The molecule has 0 fully saturated rings. The van der Waals surface area contributed by atoms with Crippen LogP contribution in [0.4, 0.5) is 0 Å². The minimum Gasteiger partial charge on any atom is -0.300 e. The number of carbonyl (C=O) groups is 1. The molecule has 104 valence electrons. The normalized spacial score (nSPS) is 11.7. The number of carbonyl (C=O) groups excluding carboxylic acids is 1. The van der Waals surface area contributed by atoms with Crippen LogP contribution in [-0.4, -0.2) is 5.78 Å². The number of rotatable bonds is 7. The Hall–Kier alpha value is -1.37. The fourth-order valence-electron chi connectivity index (χ4n) is 2.35. The topological polar surface area (TPSA) is 17.1 Å². The maximum atomic E-state index is 10.8. The Morgan fingerprint density at radius 3 is 2.32 bits per heavy atom. The monoisotopic (exact) mass is 258 g/mol. The van der Waals surface area contributed by atoms with Gasteiger partial charge < -0.3 is 4.79 Å². The second-order valence-electron chi connectivity index (χ2n) is 5.55. The molecule has 0 atom stereocenters. The lowest BCUT2D eigenvalue weighted by Gasteiger charge is -2.10. The summed E-state index contributed by atoms with van der Waals surface area (Å²) >= 11 is 0. The highest BCUT2D eigenvalue weighted by Gasteiger charge is 2.02. The summed E-state index contributed by atoms with van der Waals surface area (Å²) in [5.41, 5.74) is 5.65. The summed E-state index contributed by atoms with van der Waals surface area (Å²) in [5, 5.41) is 0. The molecule has 1 heteroatoms. The van der Waals surface area contributed by atoms with Gasteiger partial charge in [0.2, 0.25) is 0 Å². The van der Waals surface area contributed by atoms with E-state index in [1.165, 1.54) is 22.3 Å². The molecule has 0 heterocycles. The van der Waals surface area contributed by atoms with E-state index in [0.29, 0.717) is 5.78 Å². The first-order chi connectivity index (χ1) is 9.00. The molecule has 0 bridgehead atoms. The first-order valence-corrected chi connectivity index (χ1v) is 7.21. The largest absolute Gasteiger partial charge is 0.300 e. The van der Waals surface area contributed by atoms with Crippen molar-refractivity contribution in [2.45, 2.75) is 59.8 Å². The Balaban J connectivity index is 2.46. The van der Waals surface area contributed by atoms with Gasteiger partial charge in [-0.2, -0.15) is 0 Å². The molecule has 0 aromatic heterocycles. The molecule has 0 spiro atoms. The van der Waals surface area contributed by atoms with Crippen molar-refractivity contribution in [1.82, 2.24) is 0 Å². The Kier molecular flexibility index (Phi) is 6.55. The predicted molar refractivity (Wildman–Crippen MR) is 82.5 cm³/mol. The molecule has 0 amide bonds. The van der Waals surface area contributed by atoms with Crippen LogP contribution in [0.5, 0.6) is 0 Å². The van der Waals surface area contributed by atoms with Crippen LogP contribution in [-0.2, 0) is 11.2 Å². The molecule has 0 aliphatic carbocycles. The van der Waals surface area contributed by atoms with Gasteiger partial charge in [0.05, 0.1) is 0 Å². The third-order valence-electron chi connectivity index (χ3n) is 3.58. The first kappa shape index (κ1) is 15.7. The van der Waals surface area contributed by atoms with Gasteiger partial charge in [-0.1, -0.05) is 29.8 Å². The van der Waals surface area contributed by atoms with Crippen molar-refractivity contribution in [2.24, 2.45) is 0 Å². The molecule has 1 rings (SSSR count). The van der Waals surface area contributed by atoms with Crippen LogP contribution in [0.1, 0.15) is 56.2 Å². The molecule has 1 aromatic rings. The highest BCUT2D eigenvalue weighted by atomic mass is 16.1. The molecular formula is C18H26O. The minimum absolute atomic E-state index is 0.302. The molecule has 0 saturated carbocycles. The van der Waals surface area contributed by atoms with Crippen LogP contribution >= 0.6 is 0 Å². The summed E-state index contributed by atoms with van der Waals surface area (Å²) in [6.07, 6.45) is 7.32. The van der Waals surface area contributed by atoms with Crippen molar-refractivity contribution in [3.05, 3.63) is 46.5 Å².